The van der Waals surface area contributed by atoms with E-state index in [0.717, 1.165) is 30.1 Å². The Kier molecular flexibility index (Phi) is 7.69. The van der Waals surface area contributed by atoms with Crippen LogP contribution in [0.2, 0.25) is 0 Å². The molecule has 7 heteroatoms. The van der Waals surface area contributed by atoms with Crippen LogP contribution in [0.15, 0.2) is 45.8 Å². The Hall–Kier alpha value is -2.70. The molecule has 6 nitrogen and oxygen atoms in total. The van der Waals surface area contributed by atoms with Gasteiger partial charge in [-0.3, -0.25) is 9.69 Å². The number of hydrogen-bond acceptors (Lipinski definition) is 6. The van der Waals surface area contributed by atoms with Gasteiger partial charge in [0.05, 0.1) is 32.3 Å². The van der Waals surface area contributed by atoms with Gasteiger partial charge in [-0.25, -0.2) is 0 Å². The molecule has 32 heavy (non-hydrogen) atoms. The third kappa shape index (κ3) is 4.71. The number of methoxy groups -OCH3 is 3. The number of piperidine rings is 1. The van der Waals surface area contributed by atoms with Crippen molar-refractivity contribution in [1.29, 1.82) is 0 Å². The smallest absolute Gasteiger partial charge is 0.200 e. The molecule has 172 valence electrons. The van der Waals surface area contributed by atoms with Crippen molar-refractivity contribution < 1.29 is 18.6 Å². The van der Waals surface area contributed by atoms with Crippen molar-refractivity contribution in [3.05, 3.63) is 52.4 Å². The summed E-state index contributed by atoms with van der Waals surface area (Å²) < 4.78 is 22.3. The fourth-order valence-electron chi connectivity index (χ4n) is 4.19. The van der Waals surface area contributed by atoms with Crippen molar-refractivity contribution in [2.45, 2.75) is 26.3 Å². The molecule has 0 atom stereocenters. The highest BCUT2D eigenvalue weighted by atomic mass is 35.5. The summed E-state index contributed by atoms with van der Waals surface area (Å²) in [6.07, 6.45) is 3.88. The molecule has 0 unspecified atom stereocenters. The van der Waals surface area contributed by atoms with Gasteiger partial charge in [0.15, 0.2) is 0 Å². The maximum atomic E-state index is 13.4. The van der Waals surface area contributed by atoms with E-state index in [-0.39, 0.29) is 17.8 Å². The van der Waals surface area contributed by atoms with Gasteiger partial charge in [0.1, 0.15) is 29.1 Å². The van der Waals surface area contributed by atoms with Gasteiger partial charge in [0.2, 0.25) is 5.43 Å². The molecule has 0 N–H and O–H groups in total. The van der Waals surface area contributed by atoms with Gasteiger partial charge >= 0.3 is 0 Å². The first-order valence-electron chi connectivity index (χ1n) is 10.6. The first kappa shape index (κ1) is 24.0. The number of benzene rings is 2. The largest absolute Gasteiger partial charge is 0.497 e. The molecule has 1 aromatic heterocycles. The molecule has 0 spiro atoms. The highest BCUT2D eigenvalue weighted by Gasteiger charge is 2.22. The second-order valence-corrected chi connectivity index (χ2v) is 8.16. The second-order valence-electron chi connectivity index (χ2n) is 8.16. The summed E-state index contributed by atoms with van der Waals surface area (Å²) in [4.78, 5) is 15.8. The lowest BCUT2D eigenvalue weighted by molar-refractivity contribution is 0.183. The van der Waals surface area contributed by atoms with E-state index < -0.39 is 0 Å². The van der Waals surface area contributed by atoms with Gasteiger partial charge in [-0.2, -0.15) is 0 Å². The Balaban J connectivity index is 0.00000289. The van der Waals surface area contributed by atoms with Crippen LogP contribution in [-0.2, 0) is 6.54 Å². The van der Waals surface area contributed by atoms with E-state index in [1.807, 2.05) is 12.1 Å². The lowest BCUT2D eigenvalue weighted by Crippen LogP contribution is -2.32. The van der Waals surface area contributed by atoms with Gasteiger partial charge in [-0.15, -0.1) is 12.4 Å². The van der Waals surface area contributed by atoms with Gasteiger partial charge in [-0.05, 0) is 50.0 Å². The number of hydrogen-bond donors (Lipinski definition) is 0. The Labute approximate surface area is 194 Å². The highest BCUT2D eigenvalue weighted by molar-refractivity contribution is 5.85. The van der Waals surface area contributed by atoms with Gasteiger partial charge in [0, 0.05) is 29.8 Å². The molecule has 0 bridgehead atoms. The van der Waals surface area contributed by atoms with E-state index in [1.165, 1.54) is 19.1 Å². The minimum absolute atomic E-state index is 0. The quantitative estimate of drug-likeness (QED) is 0.508. The monoisotopic (exact) mass is 459 g/mol. The first-order chi connectivity index (χ1) is 15.0. The van der Waals surface area contributed by atoms with Crippen LogP contribution < -0.4 is 19.6 Å². The van der Waals surface area contributed by atoms with Crippen LogP contribution >= 0.6 is 12.4 Å². The van der Waals surface area contributed by atoms with E-state index in [9.17, 15) is 4.79 Å². The minimum atomic E-state index is -0.0901. The van der Waals surface area contributed by atoms with Crippen LogP contribution in [0.5, 0.6) is 17.2 Å². The average molecular weight is 460 g/mol. The van der Waals surface area contributed by atoms with Crippen LogP contribution in [0, 0.1) is 5.92 Å². The third-order valence-electron chi connectivity index (χ3n) is 6.17. The number of nitrogens with zero attached hydrogens (tertiary/aromatic N) is 1. The van der Waals surface area contributed by atoms with E-state index >= 15 is 0 Å². The molecule has 0 radical (unpaired) electrons. The molecule has 1 saturated heterocycles. The summed E-state index contributed by atoms with van der Waals surface area (Å²) >= 11 is 0. The second kappa shape index (κ2) is 10.3. The molecular formula is C25H30ClNO5. The predicted octanol–water partition coefficient (Wildman–Crippen LogP) is 5.14. The summed E-state index contributed by atoms with van der Waals surface area (Å²) in [7, 11) is 4.85. The molecule has 0 saturated carbocycles. The van der Waals surface area contributed by atoms with E-state index in [2.05, 4.69) is 11.8 Å². The Bertz CT molecular complexity index is 1140. The van der Waals surface area contributed by atoms with Crippen LogP contribution in [0.1, 0.15) is 25.3 Å². The zero-order chi connectivity index (χ0) is 22.0. The fraction of sp³-hybridized carbons (Fsp3) is 0.400. The van der Waals surface area contributed by atoms with Crippen molar-refractivity contribution >= 4 is 23.4 Å². The van der Waals surface area contributed by atoms with Crippen molar-refractivity contribution in [2.24, 2.45) is 5.92 Å². The Morgan fingerprint density at radius 3 is 2.34 bits per heavy atom. The normalized spacial score (nSPS) is 14.8. The summed E-state index contributed by atoms with van der Waals surface area (Å²) in [5, 5.41) is 0.512. The third-order valence-corrected chi connectivity index (χ3v) is 6.17. The topological polar surface area (TPSA) is 61.1 Å². The predicted molar refractivity (Wildman–Crippen MR) is 128 cm³/mol. The van der Waals surface area contributed by atoms with Crippen LogP contribution in [-0.4, -0.2) is 39.3 Å². The molecule has 0 amide bonds. The molecule has 0 aliphatic carbocycles. The van der Waals surface area contributed by atoms with E-state index in [1.54, 1.807) is 39.5 Å². The van der Waals surface area contributed by atoms with Crippen LogP contribution in [0.25, 0.3) is 22.1 Å². The molecular weight excluding hydrogens is 430 g/mol. The lowest BCUT2D eigenvalue weighted by atomic mass is 9.95. The summed E-state index contributed by atoms with van der Waals surface area (Å²) in [6.45, 7) is 5.06. The molecule has 2 heterocycles. The molecule has 1 aliphatic rings. The summed E-state index contributed by atoms with van der Waals surface area (Å²) in [5.41, 5.74) is 2.65. The summed E-state index contributed by atoms with van der Waals surface area (Å²) in [5.74, 6) is 2.74. The Morgan fingerprint density at radius 1 is 0.969 bits per heavy atom. The van der Waals surface area contributed by atoms with E-state index in [4.69, 9.17) is 18.6 Å². The molecule has 3 aromatic rings. The maximum absolute atomic E-state index is 13.4. The number of halogens is 1. The van der Waals surface area contributed by atoms with Gasteiger partial charge in [0.25, 0.3) is 0 Å². The zero-order valence-electron chi connectivity index (χ0n) is 19.0. The first-order valence-corrected chi connectivity index (χ1v) is 10.6. The van der Waals surface area contributed by atoms with Crippen molar-refractivity contribution in [3.8, 4) is 28.4 Å². The number of ether oxygens (including phenoxy) is 3. The zero-order valence-corrected chi connectivity index (χ0v) is 19.8. The number of rotatable bonds is 6. The number of likely N-dealkylation sites (tertiary alicyclic amines) is 1. The molecule has 2 aromatic carbocycles. The molecule has 1 aliphatic heterocycles. The summed E-state index contributed by atoms with van der Waals surface area (Å²) in [6, 6.07) is 9.01. The molecule has 1 fully saturated rings. The SMILES string of the molecule is COc1cc(OC)c(CN2CCC(C)CC2)c(-c2coc3cc(OC)ccc3c2=O)c1.Cl. The average Bonchev–Trinajstić information content (AvgIpc) is 2.80. The van der Waals surface area contributed by atoms with Crippen LogP contribution in [0.3, 0.4) is 0 Å². The van der Waals surface area contributed by atoms with Crippen molar-refractivity contribution in [2.75, 3.05) is 34.4 Å². The highest BCUT2D eigenvalue weighted by Crippen LogP contribution is 2.36. The van der Waals surface area contributed by atoms with E-state index in [0.29, 0.717) is 40.3 Å². The van der Waals surface area contributed by atoms with Gasteiger partial charge in [-0.1, -0.05) is 6.92 Å². The maximum Gasteiger partial charge on any atom is 0.200 e. The van der Waals surface area contributed by atoms with Crippen molar-refractivity contribution in [1.82, 2.24) is 4.90 Å². The minimum Gasteiger partial charge on any atom is -0.497 e. The van der Waals surface area contributed by atoms with Crippen LogP contribution in [0.4, 0.5) is 0 Å². The fourth-order valence-corrected chi connectivity index (χ4v) is 4.19. The number of fused-ring (bicyclic) bond motifs is 1. The van der Waals surface area contributed by atoms with Crippen molar-refractivity contribution in [3.63, 3.8) is 0 Å². The van der Waals surface area contributed by atoms with Gasteiger partial charge < -0.3 is 18.6 Å². The Morgan fingerprint density at radius 2 is 1.69 bits per heavy atom. The lowest BCUT2D eigenvalue weighted by Gasteiger charge is -2.31. The molecule has 4 rings (SSSR count). The standard InChI is InChI=1S/C25H29NO5.ClH/c1-16-7-9-26(10-8-16)14-21-20(11-18(29-3)13-23(21)30-4)22-15-31-24-12-17(28-2)5-6-19(24)25(22)27;/h5-6,11-13,15-16H,7-10,14H2,1-4H3;1H.